The number of hydrogen-bond donors (Lipinski definition) is 2. The Morgan fingerprint density at radius 1 is 1.33 bits per heavy atom. The average molecular weight is 274 g/mol. The molecule has 1 aromatic carbocycles. The van der Waals surface area contributed by atoms with Crippen LogP contribution in [0.2, 0.25) is 0 Å². The number of hydrogen-bond acceptors (Lipinski definition) is 5. The molecule has 1 atom stereocenters. The number of aryl methyl sites for hydroxylation is 1. The number of benzene rings is 1. The molecule has 0 fully saturated rings. The first kappa shape index (κ1) is 14.6. The molecular weight excluding hydrogens is 260 g/mol. The lowest BCUT2D eigenvalue weighted by Gasteiger charge is -2.09. The minimum atomic E-state index is -3.96. The molecule has 0 amide bonds. The van der Waals surface area contributed by atoms with E-state index in [4.69, 9.17) is 5.11 Å². The summed E-state index contributed by atoms with van der Waals surface area (Å²) in [6, 6.07) is 6.00. The van der Waals surface area contributed by atoms with Gasteiger partial charge in [0.1, 0.15) is 0 Å². The van der Waals surface area contributed by atoms with E-state index in [-0.39, 0.29) is 4.90 Å². The molecule has 1 aromatic rings. The van der Waals surface area contributed by atoms with Crippen LogP contribution in [0.15, 0.2) is 29.2 Å². The van der Waals surface area contributed by atoms with Crippen LogP contribution in [0, 0.1) is 6.92 Å². The number of carboxylic acid groups (broad SMARTS) is 1. The normalized spacial score (nSPS) is 13.2. The molecule has 1 rings (SSSR count). The molecule has 0 radical (unpaired) electrons. The monoisotopic (exact) mass is 274 g/mol. The molecule has 0 spiro atoms. The van der Waals surface area contributed by atoms with E-state index in [1.165, 1.54) is 12.1 Å². The molecule has 18 heavy (non-hydrogen) atoms. The van der Waals surface area contributed by atoms with Crippen molar-refractivity contribution in [3.63, 3.8) is 0 Å². The molecule has 0 heterocycles. The van der Waals surface area contributed by atoms with E-state index in [0.717, 1.165) is 5.56 Å². The van der Waals surface area contributed by atoms with Gasteiger partial charge < -0.3 is 10.2 Å². The van der Waals surface area contributed by atoms with Crippen LogP contribution < -0.4 is 0 Å². The first-order valence-electron chi connectivity index (χ1n) is 5.17. The van der Waals surface area contributed by atoms with E-state index in [1.54, 1.807) is 12.1 Å². The van der Waals surface area contributed by atoms with E-state index in [2.05, 4.69) is 4.18 Å². The highest BCUT2D eigenvalue weighted by Gasteiger charge is 2.18. The fourth-order valence-electron chi connectivity index (χ4n) is 1.20. The van der Waals surface area contributed by atoms with Crippen molar-refractivity contribution >= 4 is 16.1 Å². The van der Waals surface area contributed by atoms with Gasteiger partial charge in [-0.1, -0.05) is 17.7 Å². The van der Waals surface area contributed by atoms with Gasteiger partial charge in [0.05, 0.1) is 24.0 Å². The van der Waals surface area contributed by atoms with E-state index in [0.29, 0.717) is 0 Å². The van der Waals surface area contributed by atoms with Gasteiger partial charge in [0.15, 0.2) is 0 Å². The third kappa shape index (κ3) is 4.44. The van der Waals surface area contributed by atoms with Crippen LogP contribution in [-0.2, 0) is 19.1 Å². The lowest BCUT2D eigenvalue weighted by Crippen LogP contribution is -2.21. The molecule has 0 aromatic heterocycles. The van der Waals surface area contributed by atoms with Gasteiger partial charge in [-0.05, 0) is 19.1 Å². The number of aliphatic hydroxyl groups excluding tert-OH is 1. The summed E-state index contributed by atoms with van der Waals surface area (Å²) >= 11 is 0. The summed E-state index contributed by atoms with van der Waals surface area (Å²) in [4.78, 5) is 10.2. The molecule has 0 unspecified atom stereocenters. The number of carboxylic acids is 1. The van der Waals surface area contributed by atoms with E-state index in [1.807, 2.05) is 6.92 Å². The summed E-state index contributed by atoms with van der Waals surface area (Å²) < 4.78 is 27.9. The zero-order chi connectivity index (χ0) is 13.8. The molecule has 6 nitrogen and oxygen atoms in total. The van der Waals surface area contributed by atoms with Crippen LogP contribution in [0.25, 0.3) is 0 Å². The first-order chi connectivity index (χ1) is 8.31. The second-order valence-corrected chi connectivity index (χ2v) is 5.42. The zero-order valence-electron chi connectivity index (χ0n) is 9.74. The van der Waals surface area contributed by atoms with Gasteiger partial charge in [-0.25, -0.2) is 0 Å². The molecule has 2 N–H and O–H groups in total. The number of aliphatic hydroxyl groups is 1. The molecule has 0 aliphatic carbocycles. The fourth-order valence-corrected chi connectivity index (χ4v) is 2.14. The zero-order valence-corrected chi connectivity index (χ0v) is 10.6. The average Bonchev–Trinajstić information content (AvgIpc) is 2.26. The van der Waals surface area contributed by atoms with Gasteiger partial charge in [-0.2, -0.15) is 8.42 Å². The van der Waals surface area contributed by atoms with Crippen LogP contribution in [0.5, 0.6) is 0 Å². The van der Waals surface area contributed by atoms with Crippen LogP contribution in [0.1, 0.15) is 12.0 Å². The molecule has 0 aliphatic rings. The Morgan fingerprint density at radius 3 is 2.39 bits per heavy atom. The van der Waals surface area contributed by atoms with Gasteiger partial charge in [0, 0.05) is 0 Å². The second kappa shape index (κ2) is 5.94. The molecular formula is C11H14O6S. The predicted molar refractivity (Wildman–Crippen MR) is 62.6 cm³/mol. The molecule has 0 aliphatic heterocycles. The minimum Gasteiger partial charge on any atom is -0.481 e. The molecule has 0 saturated heterocycles. The summed E-state index contributed by atoms with van der Waals surface area (Å²) in [5.41, 5.74) is 0.903. The lowest BCUT2D eigenvalue weighted by molar-refractivity contribution is -0.139. The number of rotatable bonds is 6. The summed E-state index contributed by atoms with van der Waals surface area (Å²) in [7, 11) is -3.96. The molecule has 0 bridgehead atoms. The Kier molecular flexibility index (Phi) is 4.83. The maximum Gasteiger partial charge on any atom is 0.306 e. The van der Waals surface area contributed by atoms with Crippen molar-refractivity contribution in [2.24, 2.45) is 0 Å². The summed E-state index contributed by atoms with van der Waals surface area (Å²) in [6.45, 7) is 1.23. The number of carbonyl (C=O) groups is 1. The van der Waals surface area contributed by atoms with Gasteiger partial charge in [0.2, 0.25) is 0 Å². The van der Waals surface area contributed by atoms with Crippen molar-refractivity contribution in [1.82, 2.24) is 0 Å². The van der Waals surface area contributed by atoms with Crippen molar-refractivity contribution < 1.29 is 27.6 Å². The van der Waals surface area contributed by atoms with Gasteiger partial charge in [-0.3, -0.25) is 8.98 Å². The van der Waals surface area contributed by atoms with Crippen molar-refractivity contribution in [3.8, 4) is 0 Å². The van der Waals surface area contributed by atoms with E-state index in [9.17, 15) is 18.3 Å². The van der Waals surface area contributed by atoms with Crippen molar-refractivity contribution in [3.05, 3.63) is 29.8 Å². The maximum atomic E-state index is 11.7. The van der Waals surface area contributed by atoms with E-state index >= 15 is 0 Å². The highest BCUT2D eigenvalue weighted by atomic mass is 32.2. The Bertz CT molecular complexity index is 505. The third-order valence-electron chi connectivity index (χ3n) is 2.14. The summed E-state index contributed by atoms with van der Waals surface area (Å²) in [5, 5.41) is 17.6. The minimum absolute atomic E-state index is 0.0318. The Morgan fingerprint density at radius 2 is 1.89 bits per heavy atom. The molecule has 0 saturated carbocycles. The largest absolute Gasteiger partial charge is 0.481 e. The maximum absolute atomic E-state index is 11.7. The third-order valence-corrected chi connectivity index (χ3v) is 3.43. The van der Waals surface area contributed by atoms with Crippen LogP contribution in [0.4, 0.5) is 0 Å². The van der Waals surface area contributed by atoms with Crippen LogP contribution in [0.3, 0.4) is 0 Å². The highest BCUT2D eigenvalue weighted by molar-refractivity contribution is 7.86. The van der Waals surface area contributed by atoms with Gasteiger partial charge >= 0.3 is 5.97 Å². The Labute approximate surface area is 105 Å². The summed E-state index contributed by atoms with van der Waals surface area (Å²) in [6.07, 6.45) is -1.92. The molecule has 100 valence electrons. The lowest BCUT2D eigenvalue weighted by atomic mass is 10.2. The smallest absolute Gasteiger partial charge is 0.306 e. The number of aliphatic carboxylic acids is 1. The van der Waals surface area contributed by atoms with Crippen molar-refractivity contribution in [2.45, 2.75) is 24.3 Å². The standard InChI is InChI=1S/C11H14O6S/c1-8-2-4-10(5-3-8)18(15,16)17-7-9(12)6-11(13)14/h2-5,9,12H,6-7H2,1H3,(H,13,14)/t9-/m0/s1. The van der Waals surface area contributed by atoms with E-state index < -0.39 is 35.2 Å². The Hall–Kier alpha value is -1.44. The van der Waals surface area contributed by atoms with Crippen molar-refractivity contribution in [2.75, 3.05) is 6.61 Å². The quantitative estimate of drug-likeness (QED) is 0.734. The van der Waals surface area contributed by atoms with Crippen LogP contribution >= 0.6 is 0 Å². The first-order valence-corrected chi connectivity index (χ1v) is 6.58. The predicted octanol–water partition coefficient (Wildman–Crippen LogP) is 0.536. The van der Waals surface area contributed by atoms with Crippen LogP contribution in [-0.4, -0.2) is 37.3 Å². The second-order valence-electron chi connectivity index (χ2n) is 3.80. The SMILES string of the molecule is Cc1ccc(S(=O)(=O)OC[C@@H](O)CC(=O)O)cc1. The summed E-state index contributed by atoms with van der Waals surface area (Å²) in [5.74, 6) is -1.22. The van der Waals surface area contributed by atoms with Crippen molar-refractivity contribution in [1.29, 1.82) is 0 Å². The Balaban J connectivity index is 2.65. The molecule has 7 heteroatoms. The fraction of sp³-hybridized carbons (Fsp3) is 0.364. The van der Waals surface area contributed by atoms with Gasteiger partial charge in [0.25, 0.3) is 10.1 Å². The topological polar surface area (TPSA) is 101 Å². The highest BCUT2D eigenvalue weighted by Crippen LogP contribution is 2.13. The van der Waals surface area contributed by atoms with Gasteiger partial charge in [-0.15, -0.1) is 0 Å².